The second kappa shape index (κ2) is 6.22. The van der Waals surface area contributed by atoms with Crippen molar-refractivity contribution in [3.8, 4) is 11.8 Å². The van der Waals surface area contributed by atoms with Gasteiger partial charge in [-0.25, -0.2) is 0 Å². The second-order valence-corrected chi connectivity index (χ2v) is 5.04. The Morgan fingerprint density at radius 3 is 2.65 bits per heavy atom. The van der Waals surface area contributed by atoms with Crippen molar-refractivity contribution in [3.05, 3.63) is 46.2 Å². The van der Waals surface area contributed by atoms with Crippen molar-refractivity contribution in [3.63, 3.8) is 0 Å². The average molecular weight is 286 g/mol. The summed E-state index contributed by atoms with van der Waals surface area (Å²) in [5.74, 6) is 0.323. The fourth-order valence-corrected chi connectivity index (χ4v) is 2.47. The Hall–Kier alpha value is -2.32. The number of carbonyl (C=O) groups excluding carboxylic acids is 1. The van der Waals surface area contributed by atoms with Gasteiger partial charge in [-0.05, 0) is 24.6 Å². The zero-order valence-corrected chi connectivity index (χ0v) is 12.0. The smallest absolute Gasteiger partial charge is 0.231 e. The highest BCUT2D eigenvalue weighted by atomic mass is 32.1. The van der Waals surface area contributed by atoms with Gasteiger partial charge in [-0.15, -0.1) is 11.3 Å². The van der Waals surface area contributed by atoms with Crippen LogP contribution in [-0.2, 0) is 4.79 Å². The van der Waals surface area contributed by atoms with Gasteiger partial charge >= 0.3 is 0 Å². The SMILES string of the molecule is COc1ccc(C(C)C(=O)Nc2cscc2C#N)cc1. The Morgan fingerprint density at radius 1 is 1.35 bits per heavy atom. The lowest BCUT2D eigenvalue weighted by Gasteiger charge is -2.12. The maximum absolute atomic E-state index is 12.2. The molecule has 1 unspecified atom stereocenters. The molecule has 1 heterocycles. The molecule has 0 spiro atoms. The number of anilines is 1. The lowest BCUT2D eigenvalue weighted by molar-refractivity contribution is -0.117. The van der Waals surface area contributed by atoms with Crippen LogP contribution in [0.4, 0.5) is 5.69 Å². The van der Waals surface area contributed by atoms with E-state index in [-0.39, 0.29) is 11.8 Å². The molecule has 1 atom stereocenters. The fourth-order valence-electron chi connectivity index (χ4n) is 1.77. The van der Waals surface area contributed by atoms with E-state index in [1.165, 1.54) is 11.3 Å². The van der Waals surface area contributed by atoms with E-state index >= 15 is 0 Å². The summed E-state index contributed by atoms with van der Waals surface area (Å²) >= 11 is 1.39. The Kier molecular flexibility index (Phi) is 4.38. The third-order valence-corrected chi connectivity index (χ3v) is 3.79. The number of hydrogen-bond acceptors (Lipinski definition) is 4. The van der Waals surface area contributed by atoms with Crippen LogP contribution < -0.4 is 10.1 Å². The van der Waals surface area contributed by atoms with Crippen LogP contribution in [-0.4, -0.2) is 13.0 Å². The number of thiophene rings is 1. The summed E-state index contributed by atoms with van der Waals surface area (Å²) in [6, 6.07) is 9.43. The first-order valence-electron chi connectivity index (χ1n) is 6.06. The summed E-state index contributed by atoms with van der Waals surface area (Å²) < 4.78 is 5.09. The topological polar surface area (TPSA) is 62.1 Å². The number of nitrogens with one attached hydrogen (secondary N) is 1. The first-order chi connectivity index (χ1) is 9.65. The van der Waals surface area contributed by atoms with E-state index in [4.69, 9.17) is 10.00 Å². The molecule has 0 radical (unpaired) electrons. The van der Waals surface area contributed by atoms with Gasteiger partial charge in [0, 0.05) is 10.8 Å². The first kappa shape index (κ1) is 14.1. The van der Waals surface area contributed by atoms with E-state index in [0.717, 1.165) is 11.3 Å². The van der Waals surface area contributed by atoms with Crippen molar-refractivity contribution in [2.45, 2.75) is 12.8 Å². The van der Waals surface area contributed by atoms with Gasteiger partial charge in [0.2, 0.25) is 5.91 Å². The molecule has 1 aromatic carbocycles. The third kappa shape index (κ3) is 2.98. The Bertz CT molecular complexity index is 641. The second-order valence-electron chi connectivity index (χ2n) is 4.30. The molecule has 2 aromatic rings. The Labute approximate surface area is 121 Å². The maximum atomic E-state index is 12.2. The molecule has 0 aliphatic heterocycles. The summed E-state index contributed by atoms with van der Waals surface area (Å²) in [6.45, 7) is 1.83. The molecule has 2 rings (SSSR count). The molecule has 5 heteroatoms. The molecular formula is C15H14N2O2S. The standard InChI is InChI=1S/C15H14N2O2S/c1-10(11-3-5-13(19-2)6-4-11)15(18)17-14-9-20-8-12(14)7-16/h3-6,8-10H,1-2H3,(H,17,18). The molecule has 20 heavy (non-hydrogen) atoms. The lowest BCUT2D eigenvalue weighted by atomic mass is 10.00. The first-order valence-corrected chi connectivity index (χ1v) is 7.01. The van der Waals surface area contributed by atoms with Crippen molar-refractivity contribution in [2.75, 3.05) is 12.4 Å². The van der Waals surface area contributed by atoms with E-state index < -0.39 is 0 Å². The van der Waals surface area contributed by atoms with Gasteiger partial charge in [0.15, 0.2) is 0 Å². The van der Waals surface area contributed by atoms with Crippen LogP contribution in [0.25, 0.3) is 0 Å². The van der Waals surface area contributed by atoms with Crippen LogP contribution in [0.2, 0.25) is 0 Å². The molecule has 102 valence electrons. The Balaban J connectivity index is 2.10. The monoisotopic (exact) mass is 286 g/mol. The van der Waals surface area contributed by atoms with Crippen molar-refractivity contribution < 1.29 is 9.53 Å². The van der Waals surface area contributed by atoms with Crippen LogP contribution in [0.5, 0.6) is 5.75 Å². The third-order valence-electron chi connectivity index (χ3n) is 3.05. The largest absolute Gasteiger partial charge is 0.497 e. The normalized spacial score (nSPS) is 11.4. The zero-order valence-electron chi connectivity index (χ0n) is 11.2. The molecule has 0 aliphatic rings. The number of hydrogen-bond donors (Lipinski definition) is 1. The van der Waals surface area contributed by atoms with E-state index in [2.05, 4.69) is 11.4 Å². The van der Waals surface area contributed by atoms with Gasteiger partial charge in [0.25, 0.3) is 0 Å². The molecule has 0 aliphatic carbocycles. The van der Waals surface area contributed by atoms with Gasteiger partial charge in [-0.1, -0.05) is 12.1 Å². The Morgan fingerprint density at radius 2 is 2.05 bits per heavy atom. The lowest BCUT2D eigenvalue weighted by Crippen LogP contribution is -2.18. The van der Waals surface area contributed by atoms with Gasteiger partial charge in [0.05, 0.1) is 24.3 Å². The van der Waals surface area contributed by atoms with E-state index in [1.54, 1.807) is 17.9 Å². The molecule has 4 nitrogen and oxygen atoms in total. The number of ether oxygens (including phenoxy) is 1. The maximum Gasteiger partial charge on any atom is 0.231 e. The minimum absolute atomic E-state index is 0.134. The fraction of sp³-hybridized carbons (Fsp3) is 0.200. The predicted octanol–water partition coefficient (Wildman–Crippen LogP) is 3.37. The van der Waals surface area contributed by atoms with Crippen LogP contribution in [0.3, 0.4) is 0 Å². The number of rotatable bonds is 4. The van der Waals surface area contributed by atoms with Crippen molar-refractivity contribution >= 4 is 22.9 Å². The molecule has 1 amide bonds. The molecule has 0 fully saturated rings. The summed E-state index contributed by atoms with van der Waals surface area (Å²) in [5.41, 5.74) is 1.96. The zero-order chi connectivity index (χ0) is 14.5. The number of benzene rings is 1. The van der Waals surface area contributed by atoms with Crippen LogP contribution in [0.15, 0.2) is 35.0 Å². The van der Waals surface area contributed by atoms with Gasteiger partial charge < -0.3 is 10.1 Å². The highest BCUT2D eigenvalue weighted by Gasteiger charge is 2.17. The highest BCUT2D eigenvalue weighted by Crippen LogP contribution is 2.24. The minimum atomic E-state index is -0.299. The number of amides is 1. The van der Waals surface area contributed by atoms with Crippen LogP contribution in [0, 0.1) is 11.3 Å². The molecule has 1 aromatic heterocycles. The average Bonchev–Trinajstić information content (AvgIpc) is 2.93. The van der Waals surface area contributed by atoms with Crippen molar-refractivity contribution in [2.24, 2.45) is 0 Å². The van der Waals surface area contributed by atoms with Crippen molar-refractivity contribution in [1.29, 1.82) is 5.26 Å². The summed E-state index contributed by atoms with van der Waals surface area (Å²) in [7, 11) is 1.60. The van der Waals surface area contributed by atoms with E-state index in [1.807, 2.05) is 31.2 Å². The van der Waals surface area contributed by atoms with Gasteiger partial charge in [-0.2, -0.15) is 5.26 Å². The molecule has 1 N–H and O–H groups in total. The van der Waals surface area contributed by atoms with Gasteiger partial charge in [0.1, 0.15) is 11.8 Å². The van der Waals surface area contributed by atoms with E-state index in [0.29, 0.717) is 11.3 Å². The summed E-state index contributed by atoms with van der Waals surface area (Å²) in [4.78, 5) is 12.2. The molecule has 0 saturated heterocycles. The van der Waals surface area contributed by atoms with Gasteiger partial charge in [-0.3, -0.25) is 4.79 Å². The van der Waals surface area contributed by atoms with Crippen LogP contribution >= 0.6 is 11.3 Å². The predicted molar refractivity (Wildman–Crippen MR) is 79.1 cm³/mol. The minimum Gasteiger partial charge on any atom is -0.497 e. The van der Waals surface area contributed by atoms with E-state index in [9.17, 15) is 4.79 Å². The number of nitrogens with zero attached hydrogens (tertiary/aromatic N) is 1. The van der Waals surface area contributed by atoms with Crippen molar-refractivity contribution in [1.82, 2.24) is 0 Å². The summed E-state index contributed by atoms with van der Waals surface area (Å²) in [6.07, 6.45) is 0. The number of nitriles is 1. The molecule has 0 saturated carbocycles. The molecular weight excluding hydrogens is 272 g/mol. The summed E-state index contributed by atoms with van der Waals surface area (Å²) in [5, 5.41) is 15.2. The number of methoxy groups -OCH3 is 1. The number of carbonyl (C=O) groups is 1. The molecule has 0 bridgehead atoms. The van der Waals surface area contributed by atoms with Crippen LogP contribution in [0.1, 0.15) is 24.0 Å². The highest BCUT2D eigenvalue weighted by molar-refractivity contribution is 7.08. The quantitative estimate of drug-likeness (QED) is 0.937.